The summed E-state index contributed by atoms with van der Waals surface area (Å²) in [6.07, 6.45) is 3.32. The molecule has 2 amide bonds. The molecule has 0 bridgehead atoms. The molecular formula is C12H20N2O4S. The summed E-state index contributed by atoms with van der Waals surface area (Å²) in [5, 5.41) is 11.7. The van der Waals surface area contributed by atoms with E-state index in [0.717, 1.165) is 18.9 Å². The van der Waals surface area contributed by atoms with E-state index in [1.807, 2.05) is 0 Å². The highest BCUT2D eigenvalue weighted by atomic mass is 32.2. The van der Waals surface area contributed by atoms with Crippen molar-refractivity contribution in [2.75, 3.05) is 31.4 Å². The van der Waals surface area contributed by atoms with E-state index >= 15 is 0 Å². The summed E-state index contributed by atoms with van der Waals surface area (Å²) >= 11 is 1.46. The molecule has 1 saturated heterocycles. The minimum absolute atomic E-state index is 0.292. The van der Waals surface area contributed by atoms with Gasteiger partial charge in [0.05, 0.1) is 5.88 Å². The smallest absolute Gasteiger partial charge is 0.327 e. The third-order valence-electron chi connectivity index (χ3n) is 3.22. The summed E-state index contributed by atoms with van der Waals surface area (Å²) in [5.74, 6) is 0.731. The maximum Gasteiger partial charge on any atom is 0.327 e. The lowest BCUT2D eigenvalue weighted by atomic mass is 10.3. The Labute approximate surface area is 116 Å². The Morgan fingerprint density at radius 2 is 2.21 bits per heavy atom. The zero-order chi connectivity index (χ0) is 13.7. The van der Waals surface area contributed by atoms with Crippen molar-refractivity contribution in [2.24, 2.45) is 5.92 Å². The molecule has 1 saturated carbocycles. The van der Waals surface area contributed by atoms with Crippen LogP contribution in [-0.4, -0.2) is 59.4 Å². The van der Waals surface area contributed by atoms with E-state index in [9.17, 15) is 9.59 Å². The molecule has 0 spiro atoms. The number of rotatable bonds is 7. The van der Waals surface area contributed by atoms with Gasteiger partial charge in [-0.2, -0.15) is 0 Å². The number of carbonyl (C=O) groups excluding carboxylic acids is 1. The van der Waals surface area contributed by atoms with Gasteiger partial charge in [-0.3, -0.25) is 0 Å². The molecular weight excluding hydrogens is 268 g/mol. The van der Waals surface area contributed by atoms with Crippen LogP contribution in [-0.2, 0) is 9.53 Å². The van der Waals surface area contributed by atoms with Crippen LogP contribution in [0.1, 0.15) is 19.3 Å². The molecule has 2 fully saturated rings. The predicted octanol–water partition coefficient (Wildman–Crippen LogP) is 0.972. The topological polar surface area (TPSA) is 78.9 Å². The monoisotopic (exact) mass is 288 g/mol. The molecule has 7 heteroatoms. The lowest BCUT2D eigenvalue weighted by molar-refractivity contribution is -0.140. The Kier molecular flexibility index (Phi) is 5.33. The van der Waals surface area contributed by atoms with E-state index in [-0.39, 0.29) is 6.03 Å². The van der Waals surface area contributed by atoms with Crippen molar-refractivity contribution in [2.45, 2.75) is 25.3 Å². The van der Waals surface area contributed by atoms with Crippen LogP contribution in [0.3, 0.4) is 0 Å². The average molecular weight is 288 g/mol. The largest absolute Gasteiger partial charge is 0.480 e. The van der Waals surface area contributed by atoms with Crippen LogP contribution >= 0.6 is 11.8 Å². The van der Waals surface area contributed by atoms with Crippen molar-refractivity contribution in [1.29, 1.82) is 0 Å². The Hall–Kier alpha value is -0.950. The fourth-order valence-corrected chi connectivity index (χ4v) is 3.00. The minimum atomic E-state index is -0.937. The first-order chi connectivity index (χ1) is 9.18. The van der Waals surface area contributed by atoms with Crippen LogP contribution < -0.4 is 5.32 Å². The van der Waals surface area contributed by atoms with Crippen molar-refractivity contribution in [1.82, 2.24) is 10.2 Å². The molecule has 19 heavy (non-hydrogen) atoms. The molecule has 2 rings (SSSR count). The highest BCUT2D eigenvalue weighted by Gasteiger charge is 2.34. The highest BCUT2D eigenvalue weighted by molar-refractivity contribution is 7.99. The van der Waals surface area contributed by atoms with Crippen LogP contribution in [0.4, 0.5) is 4.79 Å². The van der Waals surface area contributed by atoms with Gasteiger partial charge in [-0.15, -0.1) is 11.8 Å². The molecule has 1 heterocycles. The molecule has 0 aromatic rings. The molecule has 0 aromatic carbocycles. The molecule has 0 unspecified atom stereocenters. The average Bonchev–Trinajstić information content (AvgIpc) is 3.06. The van der Waals surface area contributed by atoms with Crippen LogP contribution in [0.5, 0.6) is 0 Å². The standard InChI is InChI=1S/C12H20N2O4S/c15-11(16)10-7-19-8-14(10)12(17)13-4-1-5-18-6-9-2-3-9/h9-10H,1-8H2,(H,13,17)(H,15,16)/t10-/m0/s1. The predicted molar refractivity (Wildman–Crippen MR) is 72.1 cm³/mol. The van der Waals surface area contributed by atoms with Crippen molar-refractivity contribution in [3.63, 3.8) is 0 Å². The number of thioether (sulfide) groups is 1. The second-order valence-electron chi connectivity index (χ2n) is 4.93. The SMILES string of the molecule is O=C(O)[C@@H]1CSCN1C(=O)NCCCOCC1CC1. The Morgan fingerprint density at radius 3 is 2.89 bits per heavy atom. The molecule has 1 aliphatic carbocycles. The maximum absolute atomic E-state index is 11.8. The molecule has 108 valence electrons. The zero-order valence-electron chi connectivity index (χ0n) is 10.8. The molecule has 1 aliphatic heterocycles. The first kappa shape index (κ1) is 14.5. The quantitative estimate of drug-likeness (QED) is 0.683. The van der Waals surface area contributed by atoms with Crippen molar-refractivity contribution < 1.29 is 19.4 Å². The van der Waals surface area contributed by atoms with E-state index in [4.69, 9.17) is 9.84 Å². The third kappa shape index (κ3) is 4.58. The lowest BCUT2D eigenvalue weighted by Gasteiger charge is -2.20. The Balaban J connectivity index is 1.56. The van der Waals surface area contributed by atoms with E-state index in [0.29, 0.717) is 24.8 Å². The number of hydrogen-bond acceptors (Lipinski definition) is 4. The van der Waals surface area contributed by atoms with Crippen LogP contribution in [0.25, 0.3) is 0 Å². The fourth-order valence-electron chi connectivity index (χ4n) is 1.85. The lowest BCUT2D eigenvalue weighted by Crippen LogP contribution is -2.47. The van der Waals surface area contributed by atoms with Gasteiger partial charge in [0.15, 0.2) is 0 Å². The summed E-state index contributed by atoms with van der Waals surface area (Å²) < 4.78 is 5.46. The fraction of sp³-hybridized carbons (Fsp3) is 0.833. The van der Waals surface area contributed by atoms with Gasteiger partial charge in [0.1, 0.15) is 6.04 Å². The summed E-state index contributed by atoms with van der Waals surface area (Å²) in [7, 11) is 0. The molecule has 0 radical (unpaired) electrons. The highest BCUT2D eigenvalue weighted by Crippen LogP contribution is 2.28. The second kappa shape index (κ2) is 7.00. The molecule has 2 N–H and O–H groups in total. The first-order valence-electron chi connectivity index (χ1n) is 6.61. The molecule has 1 atom stereocenters. The van der Waals surface area contributed by atoms with Gasteiger partial charge >= 0.3 is 12.0 Å². The van der Waals surface area contributed by atoms with Crippen molar-refractivity contribution in [3.8, 4) is 0 Å². The zero-order valence-corrected chi connectivity index (χ0v) is 11.7. The Morgan fingerprint density at radius 1 is 1.42 bits per heavy atom. The number of carboxylic acids is 1. The van der Waals surface area contributed by atoms with E-state index < -0.39 is 12.0 Å². The van der Waals surface area contributed by atoms with Crippen molar-refractivity contribution >= 4 is 23.8 Å². The van der Waals surface area contributed by atoms with Crippen LogP contribution in [0.2, 0.25) is 0 Å². The van der Waals surface area contributed by atoms with Gasteiger partial charge in [0.2, 0.25) is 0 Å². The summed E-state index contributed by atoms with van der Waals surface area (Å²) in [4.78, 5) is 24.1. The van der Waals surface area contributed by atoms with Gasteiger partial charge in [0, 0.05) is 25.5 Å². The second-order valence-corrected chi connectivity index (χ2v) is 5.93. The van der Waals surface area contributed by atoms with Gasteiger partial charge in [-0.1, -0.05) is 0 Å². The number of hydrogen-bond donors (Lipinski definition) is 2. The van der Waals surface area contributed by atoms with Gasteiger partial charge < -0.3 is 20.1 Å². The van der Waals surface area contributed by atoms with Gasteiger partial charge in [-0.05, 0) is 25.2 Å². The summed E-state index contributed by atoms with van der Waals surface area (Å²) in [6, 6.07) is -0.990. The number of amides is 2. The normalized spacial score (nSPS) is 22.5. The van der Waals surface area contributed by atoms with Crippen molar-refractivity contribution in [3.05, 3.63) is 0 Å². The number of nitrogens with zero attached hydrogens (tertiary/aromatic N) is 1. The number of aliphatic carboxylic acids is 1. The van der Waals surface area contributed by atoms with E-state index in [1.54, 1.807) is 0 Å². The van der Waals surface area contributed by atoms with Crippen LogP contribution in [0, 0.1) is 5.92 Å². The number of carboxylic acid groups (broad SMARTS) is 1. The van der Waals surface area contributed by atoms with Gasteiger partial charge in [-0.25, -0.2) is 9.59 Å². The third-order valence-corrected chi connectivity index (χ3v) is 4.23. The summed E-state index contributed by atoms with van der Waals surface area (Å²) in [6.45, 7) is 2.00. The maximum atomic E-state index is 11.8. The molecule has 0 aromatic heterocycles. The molecule has 2 aliphatic rings. The number of nitrogens with one attached hydrogen (secondary N) is 1. The minimum Gasteiger partial charge on any atom is -0.480 e. The molecule has 6 nitrogen and oxygen atoms in total. The number of ether oxygens (including phenoxy) is 1. The summed E-state index contributed by atoms with van der Waals surface area (Å²) in [5.41, 5.74) is 0. The Bertz CT molecular complexity index is 336. The number of urea groups is 1. The van der Waals surface area contributed by atoms with Crippen LogP contribution in [0.15, 0.2) is 0 Å². The van der Waals surface area contributed by atoms with Gasteiger partial charge in [0.25, 0.3) is 0 Å². The van der Waals surface area contributed by atoms with E-state index in [1.165, 1.54) is 29.5 Å². The first-order valence-corrected chi connectivity index (χ1v) is 7.76. The number of carbonyl (C=O) groups is 2. The van der Waals surface area contributed by atoms with E-state index in [2.05, 4.69) is 5.32 Å².